The minimum absolute atomic E-state index is 0.0726. The maximum Gasteiger partial charge on any atom is 0.253 e. The number of likely N-dealkylation sites (tertiary alicyclic amines) is 1. The second-order valence-corrected chi connectivity index (χ2v) is 7.02. The smallest absolute Gasteiger partial charge is 0.253 e. The summed E-state index contributed by atoms with van der Waals surface area (Å²) in [6.07, 6.45) is 3.00. The Bertz CT molecular complexity index is 611. The maximum absolute atomic E-state index is 12.5. The number of morpholine rings is 1. The van der Waals surface area contributed by atoms with Crippen molar-refractivity contribution in [2.24, 2.45) is 0 Å². The molecular weight excluding hydrogens is 330 g/mol. The van der Waals surface area contributed by atoms with Gasteiger partial charge in [0, 0.05) is 38.3 Å². The van der Waals surface area contributed by atoms with Gasteiger partial charge >= 0.3 is 0 Å². The number of hydrogen-bond acceptors (Lipinski definition) is 4. The molecule has 6 nitrogen and oxygen atoms in total. The fraction of sp³-hybridized carbons (Fsp3) is 0.600. The second kappa shape index (κ2) is 9.14. The number of benzene rings is 1. The van der Waals surface area contributed by atoms with Crippen LogP contribution in [0.4, 0.5) is 0 Å². The van der Waals surface area contributed by atoms with E-state index in [1.165, 1.54) is 6.42 Å². The van der Waals surface area contributed by atoms with Gasteiger partial charge in [0.15, 0.2) is 0 Å². The van der Waals surface area contributed by atoms with E-state index in [0.29, 0.717) is 19.7 Å². The fourth-order valence-electron chi connectivity index (χ4n) is 3.50. The van der Waals surface area contributed by atoms with Gasteiger partial charge in [-0.3, -0.25) is 14.5 Å². The molecule has 1 aromatic rings. The third-order valence-corrected chi connectivity index (χ3v) is 5.20. The standard InChI is InChI=1S/C20H29N3O3/c1-2-22-12-13-26-18(15-22)19(24)21-14-16-6-8-17(9-7-16)20(25)23-10-4-3-5-11-23/h6-9,18H,2-5,10-15H2,1H3,(H,21,24). The van der Waals surface area contributed by atoms with Crippen LogP contribution in [0.15, 0.2) is 24.3 Å². The summed E-state index contributed by atoms with van der Waals surface area (Å²) >= 11 is 0. The maximum atomic E-state index is 12.5. The molecule has 0 radical (unpaired) electrons. The monoisotopic (exact) mass is 359 g/mol. The van der Waals surface area contributed by atoms with Crippen LogP contribution in [0.3, 0.4) is 0 Å². The third kappa shape index (κ3) is 4.83. The molecule has 0 spiro atoms. The number of rotatable bonds is 5. The lowest BCUT2D eigenvalue weighted by Gasteiger charge is -2.31. The lowest BCUT2D eigenvalue weighted by Crippen LogP contribution is -2.49. The van der Waals surface area contributed by atoms with E-state index in [1.807, 2.05) is 29.2 Å². The summed E-state index contributed by atoms with van der Waals surface area (Å²) in [5.74, 6) is 0.0344. The van der Waals surface area contributed by atoms with Crippen molar-refractivity contribution in [1.82, 2.24) is 15.1 Å². The van der Waals surface area contributed by atoms with Crippen molar-refractivity contribution in [2.45, 2.75) is 38.8 Å². The van der Waals surface area contributed by atoms with Crippen molar-refractivity contribution < 1.29 is 14.3 Å². The summed E-state index contributed by atoms with van der Waals surface area (Å²) in [4.78, 5) is 28.9. The number of hydrogen-bond donors (Lipinski definition) is 1. The molecule has 3 rings (SSSR count). The van der Waals surface area contributed by atoms with Crippen LogP contribution < -0.4 is 5.32 Å². The molecule has 6 heteroatoms. The van der Waals surface area contributed by atoms with Crippen LogP contribution in [-0.2, 0) is 16.1 Å². The molecule has 0 saturated carbocycles. The van der Waals surface area contributed by atoms with E-state index in [-0.39, 0.29) is 11.8 Å². The van der Waals surface area contributed by atoms with Crippen LogP contribution in [0.25, 0.3) is 0 Å². The number of amides is 2. The van der Waals surface area contributed by atoms with Crippen LogP contribution in [0.2, 0.25) is 0 Å². The highest BCUT2D eigenvalue weighted by atomic mass is 16.5. The first-order valence-corrected chi connectivity index (χ1v) is 9.67. The number of carbonyl (C=O) groups excluding carboxylic acids is 2. The van der Waals surface area contributed by atoms with Crippen LogP contribution in [0.1, 0.15) is 42.1 Å². The van der Waals surface area contributed by atoms with Gasteiger partial charge < -0.3 is 15.0 Å². The third-order valence-electron chi connectivity index (χ3n) is 5.20. The van der Waals surface area contributed by atoms with Gasteiger partial charge in [-0.1, -0.05) is 19.1 Å². The molecule has 2 aliphatic rings. The van der Waals surface area contributed by atoms with Gasteiger partial charge in [-0.15, -0.1) is 0 Å². The molecule has 2 saturated heterocycles. The lowest BCUT2D eigenvalue weighted by molar-refractivity contribution is -0.138. The highest BCUT2D eigenvalue weighted by molar-refractivity contribution is 5.94. The predicted octanol–water partition coefficient (Wildman–Crippen LogP) is 1.65. The molecule has 2 amide bonds. The van der Waals surface area contributed by atoms with E-state index >= 15 is 0 Å². The number of carbonyl (C=O) groups is 2. The molecule has 1 aromatic carbocycles. The molecule has 0 aromatic heterocycles. The Morgan fingerprint density at radius 1 is 1.12 bits per heavy atom. The Morgan fingerprint density at radius 2 is 1.85 bits per heavy atom. The predicted molar refractivity (Wildman–Crippen MR) is 99.9 cm³/mol. The van der Waals surface area contributed by atoms with Crippen LogP contribution in [-0.4, -0.2) is 67.0 Å². The number of likely N-dealkylation sites (N-methyl/N-ethyl adjacent to an activating group) is 1. The van der Waals surface area contributed by atoms with Crippen molar-refractivity contribution in [2.75, 3.05) is 39.3 Å². The first kappa shape index (κ1) is 18.9. The van der Waals surface area contributed by atoms with Gasteiger partial charge in [0.1, 0.15) is 6.10 Å². The van der Waals surface area contributed by atoms with Crippen LogP contribution >= 0.6 is 0 Å². The van der Waals surface area contributed by atoms with E-state index < -0.39 is 6.10 Å². The summed E-state index contributed by atoms with van der Waals surface area (Å²) in [6, 6.07) is 7.54. The summed E-state index contributed by atoms with van der Waals surface area (Å²) in [7, 11) is 0. The van der Waals surface area contributed by atoms with Gasteiger partial charge in [-0.2, -0.15) is 0 Å². The van der Waals surface area contributed by atoms with Crippen molar-refractivity contribution in [1.29, 1.82) is 0 Å². The van der Waals surface area contributed by atoms with E-state index in [2.05, 4.69) is 17.1 Å². The number of ether oxygens (including phenoxy) is 1. The zero-order valence-corrected chi connectivity index (χ0v) is 15.6. The Morgan fingerprint density at radius 3 is 2.54 bits per heavy atom. The number of nitrogens with zero attached hydrogens (tertiary/aromatic N) is 2. The molecule has 2 heterocycles. The molecule has 2 aliphatic heterocycles. The lowest BCUT2D eigenvalue weighted by atomic mass is 10.1. The van der Waals surface area contributed by atoms with Gasteiger partial charge in [0.25, 0.3) is 11.8 Å². The molecule has 2 fully saturated rings. The van der Waals surface area contributed by atoms with Gasteiger partial charge in [0.05, 0.1) is 6.61 Å². The van der Waals surface area contributed by atoms with Crippen molar-refractivity contribution in [3.8, 4) is 0 Å². The van der Waals surface area contributed by atoms with Crippen molar-refractivity contribution in [3.05, 3.63) is 35.4 Å². The van der Waals surface area contributed by atoms with Crippen LogP contribution in [0, 0.1) is 0 Å². The van der Waals surface area contributed by atoms with E-state index in [0.717, 1.165) is 50.1 Å². The first-order chi connectivity index (χ1) is 12.7. The Labute approximate surface area is 155 Å². The number of nitrogens with one attached hydrogen (secondary N) is 1. The van der Waals surface area contributed by atoms with E-state index in [9.17, 15) is 9.59 Å². The molecule has 0 aliphatic carbocycles. The SMILES string of the molecule is CCN1CCOC(C(=O)NCc2ccc(C(=O)N3CCCCC3)cc2)C1. The minimum Gasteiger partial charge on any atom is -0.366 e. The minimum atomic E-state index is -0.399. The molecular formula is C20H29N3O3. The molecule has 1 unspecified atom stereocenters. The Hall–Kier alpha value is -1.92. The zero-order chi connectivity index (χ0) is 18.4. The summed E-state index contributed by atoms with van der Waals surface area (Å²) in [6.45, 7) is 7.30. The average molecular weight is 359 g/mol. The number of piperidine rings is 1. The average Bonchev–Trinajstić information content (AvgIpc) is 2.72. The summed E-state index contributed by atoms with van der Waals surface area (Å²) in [5, 5.41) is 2.94. The quantitative estimate of drug-likeness (QED) is 0.868. The normalized spacial score (nSPS) is 21.4. The first-order valence-electron chi connectivity index (χ1n) is 9.67. The molecule has 1 N–H and O–H groups in total. The van der Waals surface area contributed by atoms with Crippen molar-refractivity contribution in [3.63, 3.8) is 0 Å². The highest BCUT2D eigenvalue weighted by Gasteiger charge is 2.25. The largest absolute Gasteiger partial charge is 0.366 e. The summed E-state index contributed by atoms with van der Waals surface area (Å²) in [5.41, 5.74) is 1.70. The zero-order valence-electron chi connectivity index (χ0n) is 15.6. The summed E-state index contributed by atoms with van der Waals surface area (Å²) < 4.78 is 5.57. The van der Waals surface area contributed by atoms with Crippen LogP contribution in [0.5, 0.6) is 0 Å². The van der Waals surface area contributed by atoms with Gasteiger partial charge in [-0.05, 0) is 43.5 Å². The van der Waals surface area contributed by atoms with Crippen molar-refractivity contribution >= 4 is 11.8 Å². The Kier molecular flexibility index (Phi) is 6.63. The molecule has 1 atom stereocenters. The molecule has 26 heavy (non-hydrogen) atoms. The van der Waals surface area contributed by atoms with Gasteiger partial charge in [0.2, 0.25) is 0 Å². The van der Waals surface area contributed by atoms with E-state index in [4.69, 9.17) is 4.74 Å². The second-order valence-electron chi connectivity index (χ2n) is 7.02. The Balaban J connectivity index is 1.49. The van der Waals surface area contributed by atoms with E-state index in [1.54, 1.807) is 0 Å². The highest BCUT2D eigenvalue weighted by Crippen LogP contribution is 2.14. The fourth-order valence-corrected chi connectivity index (χ4v) is 3.50. The molecule has 142 valence electrons. The molecule has 0 bridgehead atoms. The topological polar surface area (TPSA) is 61.9 Å². The van der Waals surface area contributed by atoms with Gasteiger partial charge in [-0.25, -0.2) is 0 Å².